The Morgan fingerprint density at radius 3 is 3.08 bits per heavy atom. The summed E-state index contributed by atoms with van der Waals surface area (Å²) >= 11 is 0. The summed E-state index contributed by atoms with van der Waals surface area (Å²) in [5, 5.41) is 0. The van der Waals surface area contributed by atoms with Crippen LogP contribution in [0.5, 0.6) is 0 Å². The minimum Gasteiger partial charge on any atom is -0.331 e. The molecule has 0 saturated heterocycles. The number of nitrogens with one attached hydrogen (secondary N) is 1. The first-order valence-electron chi connectivity index (χ1n) is 4.28. The van der Waals surface area contributed by atoms with Crippen molar-refractivity contribution in [2.24, 2.45) is 0 Å². The topological polar surface area (TPSA) is 28.7 Å². The van der Waals surface area contributed by atoms with E-state index in [4.69, 9.17) is 6.42 Å². The van der Waals surface area contributed by atoms with Crippen molar-refractivity contribution in [3.8, 4) is 12.3 Å². The van der Waals surface area contributed by atoms with E-state index < -0.39 is 0 Å². The zero-order valence-corrected chi connectivity index (χ0v) is 7.46. The molecule has 64 valence electrons. The quantitative estimate of drug-likeness (QED) is 0.652. The summed E-state index contributed by atoms with van der Waals surface area (Å²) in [6.07, 6.45) is 6.27. The lowest BCUT2D eigenvalue weighted by atomic mass is 10.1. The van der Waals surface area contributed by atoms with Gasteiger partial charge in [-0.15, -0.1) is 6.42 Å². The number of hydrogen-bond acceptors (Lipinski definition) is 1. The van der Waals surface area contributed by atoms with Crippen LogP contribution in [0.25, 0.3) is 11.0 Å². The van der Waals surface area contributed by atoms with Gasteiger partial charge < -0.3 is 4.98 Å². The fourth-order valence-electron chi connectivity index (χ4n) is 1.35. The van der Waals surface area contributed by atoms with Gasteiger partial charge in [0.15, 0.2) is 5.82 Å². The molecule has 1 heterocycles. The molecule has 0 fully saturated rings. The molecule has 0 saturated carbocycles. The number of hydrogen-bond donors (Lipinski definition) is 1. The minimum absolute atomic E-state index is 0.600. The normalized spacial score (nSPS) is 10.2. The second-order valence-electron chi connectivity index (χ2n) is 2.93. The highest BCUT2D eigenvalue weighted by Crippen LogP contribution is 2.13. The molecular formula is C11H10N2. The van der Waals surface area contributed by atoms with Gasteiger partial charge in [-0.1, -0.05) is 13.0 Å². The molecule has 2 nitrogen and oxygen atoms in total. The lowest BCUT2D eigenvalue weighted by Gasteiger charge is -1.93. The van der Waals surface area contributed by atoms with Crippen molar-refractivity contribution in [2.75, 3.05) is 0 Å². The molecule has 0 aliphatic rings. The molecule has 0 radical (unpaired) electrons. The smallest absolute Gasteiger partial charge is 0.183 e. The number of aryl methyl sites for hydroxylation is 1. The van der Waals surface area contributed by atoms with Gasteiger partial charge in [-0.05, 0) is 30.0 Å². The first kappa shape index (κ1) is 7.88. The number of rotatable bonds is 1. The molecular weight excluding hydrogens is 160 g/mol. The summed E-state index contributed by atoms with van der Waals surface area (Å²) in [6.45, 7) is 2.12. The van der Waals surface area contributed by atoms with Crippen molar-refractivity contribution in [3.05, 3.63) is 29.6 Å². The Bertz CT molecular complexity index is 474. The minimum atomic E-state index is 0.600. The van der Waals surface area contributed by atoms with Crippen molar-refractivity contribution in [1.82, 2.24) is 9.97 Å². The standard InChI is InChI=1S/C11H10N2/c1-3-8-5-6-9-10(7-8)13-11(4-2)12-9/h2,5-7H,3H2,1H3,(H,12,13). The van der Waals surface area contributed by atoms with Gasteiger partial charge >= 0.3 is 0 Å². The third-order valence-corrected chi connectivity index (χ3v) is 2.09. The molecule has 0 atom stereocenters. The largest absolute Gasteiger partial charge is 0.331 e. The van der Waals surface area contributed by atoms with Crippen molar-refractivity contribution in [2.45, 2.75) is 13.3 Å². The monoisotopic (exact) mass is 170 g/mol. The Morgan fingerprint density at radius 1 is 1.54 bits per heavy atom. The molecule has 0 amide bonds. The second-order valence-corrected chi connectivity index (χ2v) is 2.93. The Morgan fingerprint density at radius 2 is 2.38 bits per heavy atom. The molecule has 2 heteroatoms. The summed E-state index contributed by atoms with van der Waals surface area (Å²) in [4.78, 5) is 7.29. The van der Waals surface area contributed by atoms with Crippen LogP contribution in [0.4, 0.5) is 0 Å². The maximum absolute atomic E-state index is 5.24. The maximum Gasteiger partial charge on any atom is 0.183 e. The van der Waals surface area contributed by atoms with Gasteiger partial charge in [-0.2, -0.15) is 0 Å². The molecule has 1 aromatic heterocycles. The number of fused-ring (bicyclic) bond motifs is 1. The number of benzene rings is 1. The van der Waals surface area contributed by atoms with Crippen molar-refractivity contribution in [3.63, 3.8) is 0 Å². The molecule has 0 bridgehead atoms. The summed E-state index contributed by atoms with van der Waals surface area (Å²) < 4.78 is 0. The number of nitrogens with zero attached hydrogens (tertiary/aromatic N) is 1. The van der Waals surface area contributed by atoms with Gasteiger partial charge in [0.25, 0.3) is 0 Å². The van der Waals surface area contributed by atoms with Crippen LogP contribution in [0, 0.1) is 12.3 Å². The highest BCUT2D eigenvalue weighted by atomic mass is 14.9. The first-order valence-corrected chi connectivity index (χ1v) is 4.28. The van der Waals surface area contributed by atoms with Crippen LogP contribution in [0.2, 0.25) is 0 Å². The van der Waals surface area contributed by atoms with Gasteiger partial charge in [0.05, 0.1) is 11.0 Å². The fraction of sp³-hybridized carbons (Fsp3) is 0.182. The van der Waals surface area contributed by atoms with Crippen LogP contribution >= 0.6 is 0 Å². The van der Waals surface area contributed by atoms with Crippen LogP contribution < -0.4 is 0 Å². The summed E-state index contributed by atoms with van der Waals surface area (Å²) in [6, 6.07) is 6.15. The second kappa shape index (κ2) is 2.95. The highest BCUT2D eigenvalue weighted by molar-refractivity contribution is 5.76. The summed E-state index contributed by atoms with van der Waals surface area (Å²) in [5.41, 5.74) is 3.25. The zero-order valence-electron chi connectivity index (χ0n) is 7.46. The van der Waals surface area contributed by atoms with Crippen molar-refractivity contribution >= 4 is 11.0 Å². The molecule has 1 N–H and O–H groups in total. The predicted molar refractivity (Wildman–Crippen MR) is 53.4 cm³/mol. The van der Waals surface area contributed by atoms with Gasteiger partial charge in [-0.25, -0.2) is 4.98 Å². The SMILES string of the molecule is C#Cc1nc2ccc(CC)cc2[nH]1. The average Bonchev–Trinajstić information content (AvgIpc) is 2.58. The van der Waals surface area contributed by atoms with Crippen LogP contribution in [-0.2, 0) is 6.42 Å². The van der Waals surface area contributed by atoms with E-state index in [9.17, 15) is 0 Å². The zero-order chi connectivity index (χ0) is 9.26. The fourth-order valence-corrected chi connectivity index (χ4v) is 1.35. The summed E-state index contributed by atoms with van der Waals surface area (Å²) in [5.74, 6) is 3.09. The van der Waals surface area contributed by atoms with E-state index in [-0.39, 0.29) is 0 Å². The van der Waals surface area contributed by atoms with Crippen LogP contribution in [0.15, 0.2) is 18.2 Å². The Labute approximate surface area is 77.0 Å². The molecule has 0 aliphatic carbocycles. The van der Waals surface area contributed by atoms with Gasteiger partial charge in [0.2, 0.25) is 0 Å². The molecule has 0 unspecified atom stereocenters. The van der Waals surface area contributed by atoms with E-state index in [2.05, 4.69) is 34.9 Å². The predicted octanol–water partition coefficient (Wildman–Crippen LogP) is 2.11. The molecule has 13 heavy (non-hydrogen) atoms. The number of aromatic nitrogens is 2. The van der Waals surface area contributed by atoms with Crippen LogP contribution in [0.3, 0.4) is 0 Å². The number of aromatic amines is 1. The Kier molecular flexibility index (Phi) is 1.79. The molecule has 2 aromatic rings. The Balaban J connectivity index is 2.65. The maximum atomic E-state index is 5.24. The van der Waals surface area contributed by atoms with E-state index in [1.165, 1.54) is 5.56 Å². The van der Waals surface area contributed by atoms with Crippen molar-refractivity contribution in [1.29, 1.82) is 0 Å². The third kappa shape index (κ3) is 1.29. The van der Waals surface area contributed by atoms with E-state index in [0.717, 1.165) is 17.5 Å². The van der Waals surface area contributed by atoms with Crippen molar-refractivity contribution < 1.29 is 0 Å². The average molecular weight is 170 g/mol. The van der Waals surface area contributed by atoms with Crippen LogP contribution in [0.1, 0.15) is 18.3 Å². The molecule has 0 spiro atoms. The molecule has 2 rings (SSSR count). The first-order chi connectivity index (χ1) is 6.33. The van der Waals surface area contributed by atoms with E-state index in [0.29, 0.717) is 5.82 Å². The van der Waals surface area contributed by atoms with Gasteiger partial charge in [0, 0.05) is 0 Å². The van der Waals surface area contributed by atoms with E-state index >= 15 is 0 Å². The molecule has 1 aromatic carbocycles. The third-order valence-electron chi connectivity index (χ3n) is 2.09. The Hall–Kier alpha value is -1.75. The van der Waals surface area contributed by atoms with Crippen LogP contribution in [-0.4, -0.2) is 9.97 Å². The van der Waals surface area contributed by atoms with Gasteiger partial charge in [-0.3, -0.25) is 0 Å². The highest BCUT2D eigenvalue weighted by Gasteiger charge is 2.00. The number of imidazole rings is 1. The van der Waals surface area contributed by atoms with Gasteiger partial charge in [0.1, 0.15) is 0 Å². The lowest BCUT2D eigenvalue weighted by molar-refractivity contribution is 1.14. The number of terminal acetylenes is 1. The van der Waals surface area contributed by atoms with E-state index in [1.54, 1.807) is 0 Å². The molecule has 0 aliphatic heterocycles. The lowest BCUT2D eigenvalue weighted by Crippen LogP contribution is -1.78. The van der Waals surface area contributed by atoms with E-state index in [1.807, 2.05) is 6.07 Å². The summed E-state index contributed by atoms with van der Waals surface area (Å²) in [7, 11) is 0. The number of H-pyrrole nitrogens is 1.